The van der Waals surface area contributed by atoms with Crippen LogP contribution in [0, 0.1) is 0 Å². The molecule has 0 aliphatic rings. The van der Waals surface area contributed by atoms with E-state index in [4.69, 9.17) is 0 Å². The molecule has 24 heavy (non-hydrogen) atoms. The molecule has 0 unspecified atom stereocenters. The molecule has 4 aromatic rings. The second-order valence-corrected chi connectivity index (χ2v) is 5.37. The molecule has 5 heteroatoms. The number of aromatic amines is 1. The Morgan fingerprint density at radius 2 is 1.75 bits per heavy atom. The number of benzene rings is 2. The van der Waals surface area contributed by atoms with Crippen molar-refractivity contribution >= 4 is 22.8 Å². The first-order valence-electron chi connectivity index (χ1n) is 7.57. The second kappa shape index (κ2) is 5.96. The van der Waals surface area contributed by atoms with Gasteiger partial charge in [0.1, 0.15) is 5.82 Å². The van der Waals surface area contributed by atoms with Gasteiger partial charge in [0.25, 0.3) is 5.91 Å². The molecule has 0 fully saturated rings. The molecule has 0 saturated carbocycles. The van der Waals surface area contributed by atoms with E-state index < -0.39 is 0 Å². The number of hydrogen-bond acceptors (Lipinski definition) is 3. The molecule has 4 rings (SSSR count). The Bertz CT molecular complexity index is 1010. The highest BCUT2D eigenvalue weighted by Crippen LogP contribution is 2.22. The molecular weight excluding hydrogens is 300 g/mol. The van der Waals surface area contributed by atoms with Crippen LogP contribution in [0.15, 0.2) is 72.9 Å². The topological polar surface area (TPSA) is 70.7 Å². The lowest BCUT2D eigenvalue weighted by Gasteiger charge is -2.06. The maximum absolute atomic E-state index is 12.6. The Balaban J connectivity index is 1.63. The van der Waals surface area contributed by atoms with Crippen LogP contribution in [0.5, 0.6) is 0 Å². The highest BCUT2D eigenvalue weighted by Gasteiger charge is 2.11. The van der Waals surface area contributed by atoms with Crippen LogP contribution in [0.1, 0.15) is 10.4 Å². The van der Waals surface area contributed by atoms with Gasteiger partial charge in [0.05, 0.1) is 5.39 Å². The normalized spacial score (nSPS) is 10.7. The van der Waals surface area contributed by atoms with Gasteiger partial charge in [-0.25, -0.2) is 4.98 Å². The third kappa shape index (κ3) is 2.63. The summed E-state index contributed by atoms with van der Waals surface area (Å²) in [5, 5.41) is 10.5. The number of hydrogen-bond donors (Lipinski definition) is 2. The van der Waals surface area contributed by atoms with Gasteiger partial charge >= 0.3 is 0 Å². The first-order valence-corrected chi connectivity index (χ1v) is 7.57. The van der Waals surface area contributed by atoms with Crippen LogP contribution in [0.2, 0.25) is 0 Å². The predicted molar refractivity (Wildman–Crippen MR) is 93.7 cm³/mol. The summed E-state index contributed by atoms with van der Waals surface area (Å²) in [4.78, 5) is 16.7. The molecule has 5 nitrogen and oxygen atoms in total. The van der Waals surface area contributed by atoms with E-state index in [1.165, 1.54) is 0 Å². The third-order valence-electron chi connectivity index (χ3n) is 3.80. The molecule has 0 bridgehead atoms. The Hall–Kier alpha value is -3.47. The molecule has 2 heterocycles. The minimum absolute atomic E-state index is 0.192. The van der Waals surface area contributed by atoms with E-state index in [0.29, 0.717) is 17.0 Å². The Morgan fingerprint density at radius 1 is 0.917 bits per heavy atom. The van der Waals surface area contributed by atoms with Crippen LogP contribution in [0.25, 0.3) is 22.2 Å². The third-order valence-corrected chi connectivity index (χ3v) is 3.80. The Kier molecular flexibility index (Phi) is 3.51. The molecule has 0 atom stereocenters. The number of nitrogens with one attached hydrogen (secondary N) is 2. The summed E-state index contributed by atoms with van der Waals surface area (Å²) < 4.78 is 0. The van der Waals surface area contributed by atoms with Gasteiger partial charge in [-0.05, 0) is 35.4 Å². The molecule has 2 N–H and O–H groups in total. The molecule has 116 valence electrons. The zero-order chi connectivity index (χ0) is 16.4. The van der Waals surface area contributed by atoms with Crippen LogP contribution in [0.4, 0.5) is 5.82 Å². The van der Waals surface area contributed by atoms with E-state index in [9.17, 15) is 4.79 Å². The minimum atomic E-state index is -0.192. The van der Waals surface area contributed by atoms with Crippen LogP contribution in [0.3, 0.4) is 0 Å². The quantitative estimate of drug-likeness (QED) is 0.603. The highest BCUT2D eigenvalue weighted by molar-refractivity contribution is 6.07. The smallest absolute Gasteiger partial charge is 0.256 e. The first-order chi connectivity index (χ1) is 11.8. The van der Waals surface area contributed by atoms with Crippen molar-refractivity contribution in [1.29, 1.82) is 0 Å². The molecule has 0 aliphatic heterocycles. The average Bonchev–Trinajstić information content (AvgIpc) is 3.06. The number of fused-ring (bicyclic) bond motifs is 1. The van der Waals surface area contributed by atoms with Crippen molar-refractivity contribution in [3.63, 3.8) is 0 Å². The number of rotatable bonds is 3. The van der Waals surface area contributed by atoms with Crippen molar-refractivity contribution in [2.75, 3.05) is 5.32 Å². The fraction of sp³-hybridized carbons (Fsp3) is 0. The van der Waals surface area contributed by atoms with Gasteiger partial charge in [-0.1, -0.05) is 42.5 Å². The van der Waals surface area contributed by atoms with Gasteiger partial charge in [-0.2, -0.15) is 5.10 Å². The monoisotopic (exact) mass is 314 g/mol. The summed E-state index contributed by atoms with van der Waals surface area (Å²) in [5.74, 6) is 0.357. The van der Waals surface area contributed by atoms with Crippen molar-refractivity contribution in [3.8, 4) is 11.1 Å². The molecule has 0 aliphatic carbocycles. The number of carbonyl (C=O) groups excluding carboxylic acids is 1. The Morgan fingerprint density at radius 3 is 2.62 bits per heavy atom. The van der Waals surface area contributed by atoms with Gasteiger partial charge in [-0.15, -0.1) is 0 Å². The number of H-pyrrole nitrogens is 1. The molecule has 0 radical (unpaired) electrons. The van der Waals surface area contributed by atoms with E-state index in [1.54, 1.807) is 12.3 Å². The fourth-order valence-electron chi connectivity index (χ4n) is 2.60. The van der Waals surface area contributed by atoms with Crippen LogP contribution < -0.4 is 5.32 Å². The van der Waals surface area contributed by atoms with Crippen LogP contribution in [-0.4, -0.2) is 21.1 Å². The molecule has 0 spiro atoms. The molecule has 1 amide bonds. The van der Waals surface area contributed by atoms with Gasteiger partial charge in [0, 0.05) is 11.8 Å². The van der Waals surface area contributed by atoms with Crippen LogP contribution >= 0.6 is 0 Å². The molecular formula is C19H14N4O. The maximum atomic E-state index is 12.6. The van der Waals surface area contributed by atoms with E-state index >= 15 is 0 Å². The molecule has 2 aromatic heterocycles. The number of pyridine rings is 1. The summed E-state index contributed by atoms with van der Waals surface area (Å²) in [7, 11) is 0. The standard InChI is InChI=1S/C19H14N4O/c24-19(21-18-16-10-5-11-20-17(16)22-23-18)15-9-4-8-14(12-15)13-6-2-1-3-7-13/h1-12H,(H2,20,21,22,23,24). The van der Waals surface area contributed by atoms with Gasteiger partial charge in [-0.3, -0.25) is 9.89 Å². The SMILES string of the molecule is O=C(Nc1[nH]nc2ncccc12)c1cccc(-c2ccccc2)c1. The second-order valence-electron chi connectivity index (χ2n) is 5.37. The largest absolute Gasteiger partial charge is 0.306 e. The lowest BCUT2D eigenvalue weighted by molar-refractivity contribution is 0.102. The summed E-state index contributed by atoms with van der Waals surface area (Å²) >= 11 is 0. The van der Waals surface area contributed by atoms with E-state index in [2.05, 4.69) is 20.5 Å². The molecule has 2 aromatic carbocycles. The van der Waals surface area contributed by atoms with Crippen LogP contribution in [-0.2, 0) is 0 Å². The van der Waals surface area contributed by atoms with E-state index in [0.717, 1.165) is 16.5 Å². The summed E-state index contributed by atoms with van der Waals surface area (Å²) in [6.45, 7) is 0. The van der Waals surface area contributed by atoms with Gasteiger partial charge < -0.3 is 5.32 Å². The first kappa shape index (κ1) is 14.1. The van der Waals surface area contributed by atoms with Crippen molar-refractivity contribution < 1.29 is 4.79 Å². The number of aromatic nitrogens is 3. The van der Waals surface area contributed by atoms with Crippen molar-refractivity contribution in [1.82, 2.24) is 15.2 Å². The van der Waals surface area contributed by atoms with Gasteiger partial charge in [0.2, 0.25) is 0 Å². The minimum Gasteiger partial charge on any atom is -0.306 e. The number of carbonyl (C=O) groups is 1. The lowest BCUT2D eigenvalue weighted by Crippen LogP contribution is -2.12. The van der Waals surface area contributed by atoms with Crippen molar-refractivity contribution in [3.05, 3.63) is 78.5 Å². The highest BCUT2D eigenvalue weighted by atomic mass is 16.1. The van der Waals surface area contributed by atoms with Crippen molar-refractivity contribution in [2.45, 2.75) is 0 Å². The van der Waals surface area contributed by atoms with Crippen molar-refractivity contribution in [2.24, 2.45) is 0 Å². The Labute approximate surface area is 138 Å². The lowest BCUT2D eigenvalue weighted by atomic mass is 10.0. The zero-order valence-electron chi connectivity index (χ0n) is 12.7. The summed E-state index contributed by atoms with van der Waals surface area (Å²) in [6, 6.07) is 21.2. The van der Waals surface area contributed by atoms with E-state index in [-0.39, 0.29) is 5.91 Å². The number of amides is 1. The average molecular weight is 314 g/mol. The maximum Gasteiger partial charge on any atom is 0.256 e. The number of anilines is 1. The zero-order valence-corrected chi connectivity index (χ0v) is 12.7. The number of nitrogens with zero attached hydrogens (tertiary/aromatic N) is 2. The van der Waals surface area contributed by atoms with Gasteiger partial charge in [0.15, 0.2) is 5.65 Å². The predicted octanol–water partition coefficient (Wildman–Crippen LogP) is 3.88. The van der Waals surface area contributed by atoms with E-state index in [1.807, 2.05) is 60.7 Å². The summed E-state index contributed by atoms with van der Waals surface area (Å²) in [6.07, 6.45) is 1.66. The fourth-order valence-corrected chi connectivity index (χ4v) is 2.60. The summed E-state index contributed by atoms with van der Waals surface area (Å²) in [5.41, 5.74) is 3.23. The molecule has 0 saturated heterocycles.